The lowest BCUT2D eigenvalue weighted by Crippen LogP contribution is -2.31. The number of unbranched alkanes of at least 4 members (excludes halogenated alkanes) is 1. The second-order valence-corrected chi connectivity index (χ2v) is 10.2. The van der Waals surface area contributed by atoms with Crippen LogP contribution in [-0.2, 0) is 24.8 Å². The standard InChI is InChI=1S/C16H24N2O6S2/c1-5-6-9-17(3)26(22,23)15-10-13(7-8-14(15)24-4)18-16(19)12(2)11-25(18,20)21/h7-8,10,12H,5-6,9,11H2,1-4H3. The molecule has 1 unspecified atom stereocenters. The number of rotatable bonds is 7. The fourth-order valence-electron chi connectivity index (χ4n) is 2.75. The fraction of sp³-hybridized carbons (Fsp3) is 0.562. The molecule has 1 atom stereocenters. The van der Waals surface area contributed by atoms with E-state index in [4.69, 9.17) is 4.74 Å². The SMILES string of the molecule is CCCCN(C)S(=O)(=O)c1cc(N2C(=O)C(C)CS2(=O)=O)ccc1OC. The van der Waals surface area contributed by atoms with Gasteiger partial charge in [-0.05, 0) is 24.6 Å². The molecule has 1 aliphatic heterocycles. The molecule has 1 aliphatic rings. The second kappa shape index (κ2) is 7.53. The number of benzene rings is 1. The lowest BCUT2D eigenvalue weighted by molar-refractivity contribution is -0.119. The lowest BCUT2D eigenvalue weighted by Gasteiger charge is -2.21. The molecule has 0 radical (unpaired) electrons. The Hall–Kier alpha value is -1.65. The van der Waals surface area contributed by atoms with Gasteiger partial charge in [0.25, 0.3) is 0 Å². The molecule has 0 bridgehead atoms. The normalized spacial score (nSPS) is 20.0. The topological polar surface area (TPSA) is 101 Å². The van der Waals surface area contributed by atoms with E-state index in [1.54, 1.807) is 0 Å². The van der Waals surface area contributed by atoms with E-state index in [0.717, 1.165) is 6.42 Å². The number of methoxy groups -OCH3 is 1. The van der Waals surface area contributed by atoms with Crippen molar-refractivity contribution in [3.63, 3.8) is 0 Å². The summed E-state index contributed by atoms with van der Waals surface area (Å²) in [7, 11) is -4.93. The monoisotopic (exact) mass is 404 g/mol. The van der Waals surface area contributed by atoms with E-state index < -0.39 is 31.9 Å². The Morgan fingerprint density at radius 3 is 2.50 bits per heavy atom. The lowest BCUT2D eigenvalue weighted by atomic mass is 10.2. The van der Waals surface area contributed by atoms with Crippen LogP contribution in [0.5, 0.6) is 5.75 Å². The molecular weight excluding hydrogens is 380 g/mol. The molecule has 1 fully saturated rings. The molecule has 26 heavy (non-hydrogen) atoms. The number of carbonyl (C=O) groups is 1. The minimum Gasteiger partial charge on any atom is -0.495 e. The van der Waals surface area contributed by atoms with Gasteiger partial charge < -0.3 is 4.74 Å². The molecule has 8 nitrogen and oxygen atoms in total. The van der Waals surface area contributed by atoms with Gasteiger partial charge in [0.1, 0.15) is 10.6 Å². The number of hydrogen-bond acceptors (Lipinski definition) is 6. The van der Waals surface area contributed by atoms with E-state index in [-0.39, 0.29) is 22.1 Å². The Balaban J connectivity index is 2.55. The summed E-state index contributed by atoms with van der Waals surface area (Å²) in [5.41, 5.74) is 0.00242. The van der Waals surface area contributed by atoms with Crippen LogP contribution in [0.15, 0.2) is 23.1 Å². The Bertz CT molecular complexity index is 895. The molecule has 1 saturated heterocycles. The van der Waals surface area contributed by atoms with Crippen LogP contribution in [0.4, 0.5) is 5.69 Å². The number of sulfonamides is 2. The van der Waals surface area contributed by atoms with Gasteiger partial charge in [-0.25, -0.2) is 25.4 Å². The molecule has 10 heteroatoms. The molecule has 1 aromatic rings. The smallest absolute Gasteiger partial charge is 0.246 e. The van der Waals surface area contributed by atoms with Crippen molar-refractivity contribution >= 4 is 31.6 Å². The largest absolute Gasteiger partial charge is 0.495 e. The first-order valence-electron chi connectivity index (χ1n) is 8.27. The van der Waals surface area contributed by atoms with Crippen LogP contribution in [0.1, 0.15) is 26.7 Å². The predicted molar refractivity (Wildman–Crippen MR) is 98.2 cm³/mol. The van der Waals surface area contributed by atoms with E-state index in [0.29, 0.717) is 17.3 Å². The molecule has 1 aromatic carbocycles. The first-order chi connectivity index (χ1) is 12.1. The molecule has 1 heterocycles. The van der Waals surface area contributed by atoms with E-state index in [1.165, 1.54) is 43.6 Å². The fourth-order valence-corrected chi connectivity index (χ4v) is 5.94. The minimum atomic E-state index is -3.90. The van der Waals surface area contributed by atoms with Crippen molar-refractivity contribution < 1.29 is 26.4 Å². The Morgan fingerprint density at radius 1 is 1.35 bits per heavy atom. The molecule has 0 aromatic heterocycles. The summed E-state index contributed by atoms with van der Waals surface area (Å²) in [6.45, 7) is 3.80. The summed E-state index contributed by atoms with van der Waals surface area (Å²) in [5.74, 6) is -1.45. The molecule has 0 saturated carbocycles. The maximum atomic E-state index is 12.9. The third-order valence-electron chi connectivity index (χ3n) is 4.26. The van der Waals surface area contributed by atoms with Gasteiger partial charge in [0, 0.05) is 13.6 Å². The van der Waals surface area contributed by atoms with Crippen molar-refractivity contribution in [3.05, 3.63) is 18.2 Å². The van der Waals surface area contributed by atoms with Crippen LogP contribution in [0.2, 0.25) is 0 Å². The van der Waals surface area contributed by atoms with Crippen LogP contribution in [0.25, 0.3) is 0 Å². The number of hydrogen-bond donors (Lipinski definition) is 0. The van der Waals surface area contributed by atoms with E-state index in [2.05, 4.69) is 0 Å². The number of nitrogens with zero attached hydrogens (tertiary/aromatic N) is 2. The highest BCUT2D eigenvalue weighted by atomic mass is 32.2. The zero-order valence-electron chi connectivity index (χ0n) is 15.3. The maximum Gasteiger partial charge on any atom is 0.246 e. The minimum absolute atomic E-state index is 0.00242. The predicted octanol–water partition coefficient (Wildman–Crippen LogP) is 1.43. The third kappa shape index (κ3) is 3.72. The van der Waals surface area contributed by atoms with E-state index >= 15 is 0 Å². The van der Waals surface area contributed by atoms with Crippen molar-refractivity contribution in [2.45, 2.75) is 31.6 Å². The maximum absolute atomic E-state index is 12.9. The van der Waals surface area contributed by atoms with Crippen LogP contribution in [0, 0.1) is 5.92 Å². The first kappa shape index (κ1) is 20.7. The van der Waals surface area contributed by atoms with Gasteiger partial charge in [-0.1, -0.05) is 20.3 Å². The summed E-state index contributed by atoms with van der Waals surface area (Å²) < 4.78 is 57.4. The summed E-state index contributed by atoms with van der Waals surface area (Å²) >= 11 is 0. The van der Waals surface area contributed by atoms with Crippen molar-refractivity contribution in [3.8, 4) is 5.75 Å². The van der Waals surface area contributed by atoms with Gasteiger partial charge in [-0.3, -0.25) is 4.79 Å². The van der Waals surface area contributed by atoms with E-state index in [1.807, 2.05) is 6.92 Å². The van der Waals surface area contributed by atoms with Gasteiger partial charge in [0.15, 0.2) is 0 Å². The summed E-state index contributed by atoms with van der Waals surface area (Å²) in [4.78, 5) is 12.1. The van der Waals surface area contributed by atoms with Gasteiger partial charge in [-0.15, -0.1) is 0 Å². The van der Waals surface area contributed by atoms with Gasteiger partial charge in [-0.2, -0.15) is 0 Å². The van der Waals surface area contributed by atoms with Gasteiger partial charge >= 0.3 is 0 Å². The van der Waals surface area contributed by atoms with Crippen LogP contribution in [0.3, 0.4) is 0 Å². The Kier molecular flexibility index (Phi) is 5.99. The summed E-state index contributed by atoms with van der Waals surface area (Å²) in [5, 5.41) is 0. The Labute approximate surface area is 154 Å². The first-order valence-corrected chi connectivity index (χ1v) is 11.3. The van der Waals surface area contributed by atoms with Crippen molar-refractivity contribution in [1.29, 1.82) is 0 Å². The third-order valence-corrected chi connectivity index (χ3v) is 8.00. The highest BCUT2D eigenvalue weighted by molar-refractivity contribution is 7.94. The second-order valence-electron chi connectivity index (χ2n) is 6.30. The number of amides is 1. The molecular formula is C16H24N2O6S2. The molecule has 0 aliphatic carbocycles. The zero-order valence-corrected chi connectivity index (χ0v) is 16.9. The highest BCUT2D eigenvalue weighted by Crippen LogP contribution is 2.34. The average molecular weight is 405 g/mol. The van der Waals surface area contributed by atoms with Gasteiger partial charge in [0.2, 0.25) is 26.0 Å². The summed E-state index contributed by atoms with van der Waals surface area (Å²) in [6, 6.07) is 3.92. The van der Waals surface area contributed by atoms with Crippen LogP contribution in [-0.4, -0.2) is 53.5 Å². The van der Waals surface area contributed by atoms with Crippen molar-refractivity contribution in [1.82, 2.24) is 4.31 Å². The van der Waals surface area contributed by atoms with Crippen molar-refractivity contribution in [2.24, 2.45) is 5.92 Å². The highest BCUT2D eigenvalue weighted by Gasteiger charge is 2.42. The van der Waals surface area contributed by atoms with E-state index in [9.17, 15) is 21.6 Å². The Morgan fingerprint density at radius 2 is 2.00 bits per heavy atom. The van der Waals surface area contributed by atoms with Gasteiger partial charge in [0.05, 0.1) is 24.5 Å². The number of ether oxygens (including phenoxy) is 1. The quantitative estimate of drug-likeness (QED) is 0.681. The molecule has 146 valence electrons. The zero-order chi connectivity index (χ0) is 19.7. The average Bonchev–Trinajstić information content (AvgIpc) is 2.79. The molecule has 0 spiro atoms. The number of anilines is 1. The molecule has 2 rings (SSSR count). The molecule has 0 N–H and O–H groups in total. The van der Waals surface area contributed by atoms with Crippen LogP contribution < -0.4 is 9.04 Å². The molecule has 1 amide bonds. The van der Waals surface area contributed by atoms with Crippen LogP contribution >= 0.6 is 0 Å². The van der Waals surface area contributed by atoms with Crippen molar-refractivity contribution in [2.75, 3.05) is 30.8 Å². The number of carbonyl (C=O) groups excluding carboxylic acids is 1. The summed E-state index contributed by atoms with van der Waals surface area (Å²) in [6.07, 6.45) is 1.52.